The average molecular weight is 398 g/mol. The summed E-state index contributed by atoms with van der Waals surface area (Å²) in [5, 5.41) is 0.808. The van der Waals surface area contributed by atoms with E-state index in [0.29, 0.717) is 10.8 Å². The van der Waals surface area contributed by atoms with Crippen molar-refractivity contribution in [3.05, 3.63) is 34.9 Å². The van der Waals surface area contributed by atoms with E-state index in [2.05, 4.69) is 25.7 Å². The molecule has 1 aliphatic rings. The van der Waals surface area contributed by atoms with Gasteiger partial charge in [-0.15, -0.1) is 0 Å². The molecule has 1 saturated heterocycles. The molecule has 0 saturated carbocycles. The highest BCUT2D eigenvalue weighted by Crippen LogP contribution is 2.39. The largest absolute Gasteiger partial charge is 0.616 e. The van der Waals surface area contributed by atoms with Crippen molar-refractivity contribution in [2.75, 3.05) is 5.75 Å². The average Bonchev–Trinajstić information content (AvgIpc) is 2.60. The lowest BCUT2D eigenvalue weighted by molar-refractivity contribution is -0.146. The number of likely N-dealkylation sites (tertiary alicyclic amines) is 1. The normalized spacial score (nSPS) is 23.6. The summed E-state index contributed by atoms with van der Waals surface area (Å²) in [6.07, 6.45) is 2.72. The maximum absolute atomic E-state index is 13.3. The lowest BCUT2D eigenvalue weighted by Crippen LogP contribution is -2.53. The van der Waals surface area contributed by atoms with Crippen LogP contribution in [0.3, 0.4) is 0 Å². The molecule has 3 nitrogen and oxygen atoms in total. The van der Waals surface area contributed by atoms with Crippen LogP contribution in [0.2, 0.25) is 5.02 Å². The Morgan fingerprint density at radius 1 is 1.19 bits per heavy atom. The highest BCUT2D eigenvalue weighted by Gasteiger charge is 2.42. The molecule has 2 rings (SSSR count). The third-order valence-electron chi connectivity index (χ3n) is 5.46. The molecule has 4 unspecified atom stereocenters. The van der Waals surface area contributed by atoms with Crippen molar-refractivity contribution in [1.29, 1.82) is 0 Å². The molecule has 146 valence electrons. The van der Waals surface area contributed by atoms with Crippen LogP contribution < -0.4 is 0 Å². The monoisotopic (exact) mass is 397 g/mol. The Morgan fingerprint density at radius 2 is 1.81 bits per heavy atom. The highest BCUT2D eigenvalue weighted by atomic mass is 35.5. The van der Waals surface area contributed by atoms with Crippen molar-refractivity contribution in [2.24, 2.45) is 11.8 Å². The fourth-order valence-electron chi connectivity index (χ4n) is 3.73. The fourth-order valence-corrected chi connectivity index (χ4v) is 5.12. The molecule has 1 aliphatic heterocycles. The minimum Gasteiger partial charge on any atom is -0.616 e. The van der Waals surface area contributed by atoms with Gasteiger partial charge in [-0.05, 0) is 67.9 Å². The topological polar surface area (TPSA) is 43.4 Å². The summed E-state index contributed by atoms with van der Waals surface area (Å²) in [7, 11) is 0. The Morgan fingerprint density at radius 3 is 2.31 bits per heavy atom. The number of nitrogens with zero attached hydrogens (tertiary/aromatic N) is 1. The second kappa shape index (κ2) is 9.48. The lowest BCUT2D eigenvalue weighted by Gasteiger charge is -2.45. The van der Waals surface area contributed by atoms with Crippen molar-refractivity contribution in [1.82, 2.24) is 4.90 Å². The standard InChI is InChI=1S/C21H32ClNO2S/c1-6-16-9-12-19(17-7-10-18(22)11-8-17)23(21(16)24)20(14(2)3)13-26(25)15(4)5/h7-8,10-11,14-16,19-20H,6,9,12-13H2,1-5H3. The summed E-state index contributed by atoms with van der Waals surface area (Å²) >= 11 is 5.11. The number of benzene rings is 1. The van der Waals surface area contributed by atoms with Gasteiger partial charge in [0.05, 0.1) is 12.1 Å². The molecule has 1 amide bonds. The van der Waals surface area contributed by atoms with Gasteiger partial charge in [0.15, 0.2) is 0 Å². The predicted octanol–water partition coefficient (Wildman–Crippen LogP) is 5.21. The highest BCUT2D eigenvalue weighted by molar-refractivity contribution is 7.92. The Labute approximate surface area is 166 Å². The Kier molecular flexibility index (Phi) is 7.87. The van der Waals surface area contributed by atoms with Crippen LogP contribution in [0, 0.1) is 11.8 Å². The molecule has 0 aliphatic carbocycles. The van der Waals surface area contributed by atoms with Crippen LogP contribution in [0.4, 0.5) is 0 Å². The van der Waals surface area contributed by atoms with Gasteiger partial charge in [0.1, 0.15) is 11.0 Å². The number of halogens is 1. The lowest BCUT2D eigenvalue weighted by atomic mass is 9.84. The number of hydrogen-bond donors (Lipinski definition) is 0. The molecular formula is C21H32ClNO2S. The van der Waals surface area contributed by atoms with Crippen LogP contribution in [0.5, 0.6) is 0 Å². The smallest absolute Gasteiger partial charge is 0.226 e. The van der Waals surface area contributed by atoms with Crippen molar-refractivity contribution < 1.29 is 9.35 Å². The SMILES string of the molecule is CCC1CCC(c2ccc(Cl)cc2)N(C(C[S+]([O-])C(C)C)C(C)C)C1=O. The van der Waals surface area contributed by atoms with Crippen LogP contribution in [-0.2, 0) is 16.0 Å². The van der Waals surface area contributed by atoms with Crippen LogP contribution in [-0.4, -0.2) is 32.4 Å². The second-order valence-corrected chi connectivity index (χ2v) is 10.4. The maximum Gasteiger partial charge on any atom is 0.226 e. The van der Waals surface area contributed by atoms with Crippen LogP contribution in [0.15, 0.2) is 24.3 Å². The Hall–Kier alpha value is -0.710. The first-order valence-corrected chi connectivity index (χ1v) is 11.5. The summed E-state index contributed by atoms with van der Waals surface area (Å²) in [6.45, 7) is 10.3. The molecule has 0 bridgehead atoms. The molecule has 0 aromatic heterocycles. The van der Waals surface area contributed by atoms with Gasteiger partial charge in [-0.25, -0.2) is 0 Å². The Balaban J connectivity index is 2.39. The van der Waals surface area contributed by atoms with Crippen LogP contribution in [0.25, 0.3) is 0 Å². The molecule has 0 spiro atoms. The zero-order valence-electron chi connectivity index (χ0n) is 16.6. The quantitative estimate of drug-likeness (QED) is 0.592. The van der Waals surface area contributed by atoms with Crippen molar-refractivity contribution >= 4 is 28.7 Å². The van der Waals surface area contributed by atoms with E-state index in [1.54, 1.807) is 0 Å². The second-order valence-electron chi connectivity index (χ2n) is 7.90. The van der Waals surface area contributed by atoms with Gasteiger partial charge in [0, 0.05) is 10.9 Å². The molecule has 4 atom stereocenters. The van der Waals surface area contributed by atoms with E-state index in [0.717, 1.165) is 24.8 Å². The molecule has 1 aromatic rings. The number of piperidine rings is 1. The van der Waals surface area contributed by atoms with Gasteiger partial charge >= 0.3 is 0 Å². The zero-order valence-corrected chi connectivity index (χ0v) is 18.1. The minimum absolute atomic E-state index is 0.0132. The maximum atomic E-state index is 13.3. The van der Waals surface area contributed by atoms with E-state index in [4.69, 9.17) is 11.6 Å². The molecule has 0 N–H and O–H groups in total. The molecule has 0 radical (unpaired) electrons. The van der Waals surface area contributed by atoms with Crippen molar-refractivity contribution in [3.8, 4) is 0 Å². The summed E-state index contributed by atoms with van der Waals surface area (Å²) in [4.78, 5) is 15.4. The van der Waals surface area contributed by atoms with Gasteiger partial charge in [0.2, 0.25) is 5.91 Å². The van der Waals surface area contributed by atoms with Crippen LogP contribution >= 0.6 is 11.6 Å². The van der Waals surface area contributed by atoms with Crippen molar-refractivity contribution in [2.45, 2.75) is 71.2 Å². The van der Waals surface area contributed by atoms with Gasteiger partial charge in [-0.1, -0.05) is 44.5 Å². The van der Waals surface area contributed by atoms with E-state index < -0.39 is 11.2 Å². The molecule has 5 heteroatoms. The summed E-state index contributed by atoms with van der Waals surface area (Å²) in [6, 6.07) is 7.86. The third-order valence-corrected chi connectivity index (χ3v) is 7.44. The number of amides is 1. The molecule has 1 heterocycles. The first-order valence-electron chi connectivity index (χ1n) is 9.71. The van der Waals surface area contributed by atoms with E-state index >= 15 is 0 Å². The Bertz CT molecular complexity index is 590. The van der Waals surface area contributed by atoms with Crippen molar-refractivity contribution in [3.63, 3.8) is 0 Å². The molecular weight excluding hydrogens is 366 g/mol. The van der Waals surface area contributed by atoms with E-state index in [1.807, 2.05) is 38.1 Å². The number of carbonyl (C=O) groups is 1. The van der Waals surface area contributed by atoms with Crippen LogP contribution in [0.1, 0.15) is 65.5 Å². The first kappa shape index (κ1) is 21.6. The van der Waals surface area contributed by atoms with Gasteiger partial charge in [-0.2, -0.15) is 0 Å². The molecule has 26 heavy (non-hydrogen) atoms. The van der Waals surface area contributed by atoms with E-state index in [9.17, 15) is 9.35 Å². The van der Waals surface area contributed by atoms with E-state index in [1.165, 1.54) is 0 Å². The third kappa shape index (κ3) is 4.96. The van der Waals surface area contributed by atoms with Gasteiger partial charge < -0.3 is 9.45 Å². The molecule has 1 aromatic carbocycles. The predicted molar refractivity (Wildman–Crippen MR) is 111 cm³/mol. The van der Waals surface area contributed by atoms with E-state index in [-0.39, 0.29) is 35.1 Å². The first-order chi connectivity index (χ1) is 12.3. The summed E-state index contributed by atoms with van der Waals surface area (Å²) in [5.74, 6) is 1.10. The zero-order chi connectivity index (χ0) is 19.4. The van der Waals surface area contributed by atoms with Gasteiger partial charge in [-0.3, -0.25) is 4.79 Å². The minimum atomic E-state index is -0.942. The number of rotatable bonds is 7. The molecule has 1 fully saturated rings. The van der Waals surface area contributed by atoms with Gasteiger partial charge in [0.25, 0.3) is 0 Å². The summed E-state index contributed by atoms with van der Waals surface area (Å²) in [5.41, 5.74) is 1.12. The summed E-state index contributed by atoms with van der Waals surface area (Å²) < 4.78 is 12.6. The number of hydrogen-bond acceptors (Lipinski definition) is 2. The fraction of sp³-hybridized carbons (Fsp3) is 0.667. The number of carbonyl (C=O) groups excluding carboxylic acids is 1.